The predicted molar refractivity (Wildman–Crippen MR) is 91.6 cm³/mol. The van der Waals surface area contributed by atoms with E-state index in [1.165, 1.54) is 0 Å². The molecule has 0 saturated heterocycles. The van der Waals surface area contributed by atoms with Gasteiger partial charge in [0.1, 0.15) is 11.3 Å². The second-order valence-electron chi connectivity index (χ2n) is 5.42. The van der Waals surface area contributed by atoms with Crippen molar-refractivity contribution in [2.75, 3.05) is 13.2 Å². The largest absolute Gasteiger partial charge is 0.494 e. The summed E-state index contributed by atoms with van der Waals surface area (Å²) in [5, 5.41) is 0. The smallest absolute Gasteiger partial charge is 0.306 e. The van der Waals surface area contributed by atoms with E-state index in [0.29, 0.717) is 36.4 Å². The van der Waals surface area contributed by atoms with Crippen LogP contribution in [0.25, 0.3) is 16.6 Å². The third-order valence-electron chi connectivity index (χ3n) is 3.85. The minimum Gasteiger partial charge on any atom is -0.494 e. The number of hydrogen-bond donors (Lipinski definition) is 1. The highest BCUT2D eigenvalue weighted by Gasteiger charge is 2.12. The number of benzene rings is 1. The number of nitrogens with zero attached hydrogens (tertiary/aromatic N) is 1. The molecule has 2 heterocycles. The topological polar surface area (TPSA) is 72.8 Å². The molecule has 0 fully saturated rings. The molecule has 0 saturated carbocycles. The van der Waals surface area contributed by atoms with E-state index in [2.05, 4.69) is 4.98 Å². The summed E-state index contributed by atoms with van der Waals surface area (Å²) in [4.78, 5) is 26.8. The summed E-state index contributed by atoms with van der Waals surface area (Å²) in [5.41, 5.74) is 2.87. The molecule has 0 aliphatic heterocycles. The van der Waals surface area contributed by atoms with Gasteiger partial charge in [-0.3, -0.25) is 9.59 Å². The van der Waals surface area contributed by atoms with Gasteiger partial charge in [0, 0.05) is 11.8 Å². The second kappa shape index (κ2) is 6.78. The Bertz CT molecular complexity index is 939. The van der Waals surface area contributed by atoms with Crippen molar-refractivity contribution < 1.29 is 14.3 Å². The first-order valence-electron chi connectivity index (χ1n) is 8.08. The highest BCUT2D eigenvalue weighted by Crippen LogP contribution is 2.21. The van der Waals surface area contributed by atoms with Gasteiger partial charge in [0.15, 0.2) is 0 Å². The number of esters is 1. The molecule has 0 aliphatic carbocycles. The van der Waals surface area contributed by atoms with Crippen LogP contribution in [0.15, 0.2) is 35.1 Å². The van der Waals surface area contributed by atoms with Gasteiger partial charge in [0.05, 0.1) is 30.7 Å². The molecule has 126 valence electrons. The maximum absolute atomic E-state index is 12.3. The zero-order chi connectivity index (χ0) is 17.1. The van der Waals surface area contributed by atoms with E-state index in [4.69, 9.17) is 9.47 Å². The normalized spacial score (nSPS) is 11.1. The van der Waals surface area contributed by atoms with Crippen LogP contribution in [0, 0.1) is 0 Å². The number of aryl methyl sites for hydroxylation is 1. The Morgan fingerprint density at radius 1 is 1.12 bits per heavy atom. The van der Waals surface area contributed by atoms with E-state index in [1.807, 2.05) is 35.6 Å². The number of hydrogen-bond acceptors (Lipinski definition) is 4. The maximum atomic E-state index is 12.3. The van der Waals surface area contributed by atoms with Crippen molar-refractivity contribution in [1.29, 1.82) is 0 Å². The first-order valence-corrected chi connectivity index (χ1v) is 8.08. The molecule has 3 rings (SSSR count). The van der Waals surface area contributed by atoms with Crippen LogP contribution < -0.4 is 10.3 Å². The Morgan fingerprint density at radius 3 is 2.67 bits per heavy atom. The fourth-order valence-corrected chi connectivity index (χ4v) is 2.85. The highest BCUT2D eigenvalue weighted by atomic mass is 16.5. The van der Waals surface area contributed by atoms with Crippen molar-refractivity contribution in [2.45, 2.75) is 26.7 Å². The van der Waals surface area contributed by atoms with Gasteiger partial charge in [-0.1, -0.05) is 0 Å². The number of nitrogens with one attached hydrogen (secondary N) is 1. The number of aromatic nitrogens is 2. The van der Waals surface area contributed by atoms with Gasteiger partial charge in [-0.15, -0.1) is 0 Å². The number of carbonyl (C=O) groups excluding carboxylic acids is 1. The molecular formula is C18H20N2O4. The van der Waals surface area contributed by atoms with Crippen LogP contribution in [0.5, 0.6) is 5.75 Å². The number of carbonyl (C=O) groups is 1. The average Bonchev–Trinajstić information content (AvgIpc) is 2.98. The van der Waals surface area contributed by atoms with Crippen molar-refractivity contribution in [1.82, 2.24) is 9.38 Å². The average molecular weight is 328 g/mol. The van der Waals surface area contributed by atoms with Crippen LogP contribution in [0.1, 0.15) is 26.0 Å². The van der Waals surface area contributed by atoms with Gasteiger partial charge >= 0.3 is 5.97 Å². The van der Waals surface area contributed by atoms with Crippen molar-refractivity contribution in [3.05, 3.63) is 46.4 Å². The Labute approximate surface area is 139 Å². The number of fused-ring (bicyclic) bond motifs is 3. The molecule has 6 heteroatoms. The molecule has 24 heavy (non-hydrogen) atoms. The van der Waals surface area contributed by atoms with E-state index in [1.54, 1.807) is 13.0 Å². The van der Waals surface area contributed by atoms with Crippen LogP contribution in [0.2, 0.25) is 0 Å². The predicted octanol–water partition coefficient (Wildman–Crippen LogP) is 2.68. The summed E-state index contributed by atoms with van der Waals surface area (Å²) in [6, 6.07) is 9.25. The molecule has 3 aromatic rings. The Kier molecular flexibility index (Phi) is 4.55. The van der Waals surface area contributed by atoms with E-state index in [-0.39, 0.29) is 17.9 Å². The Hall–Kier alpha value is -2.76. The SMILES string of the molecule is CCOC(=O)CCc1ccc2c(=O)[nH]c3cc(OCC)ccc3n12. The minimum absolute atomic E-state index is 0.168. The molecule has 0 unspecified atom stereocenters. The fraction of sp³-hybridized carbons (Fsp3) is 0.333. The van der Waals surface area contributed by atoms with E-state index in [0.717, 1.165) is 11.2 Å². The monoisotopic (exact) mass is 328 g/mol. The number of rotatable bonds is 6. The lowest BCUT2D eigenvalue weighted by Gasteiger charge is -2.09. The third kappa shape index (κ3) is 2.99. The maximum Gasteiger partial charge on any atom is 0.306 e. The zero-order valence-corrected chi connectivity index (χ0v) is 13.8. The summed E-state index contributed by atoms with van der Waals surface area (Å²) in [6.45, 7) is 4.63. The van der Waals surface area contributed by atoms with Crippen LogP contribution in [0.4, 0.5) is 0 Å². The number of aromatic amines is 1. The molecule has 0 bridgehead atoms. The van der Waals surface area contributed by atoms with E-state index < -0.39 is 0 Å². The highest BCUT2D eigenvalue weighted by molar-refractivity contribution is 5.80. The van der Waals surface area contributed by atoms with Gasteiger partial charge in [-0.2, -0.15) is 0 Å². The second-order valence-corrected chi connectivity index (χ2v) is 5.42. The van der Waals surface area contributed by atoms with Crippen LogP contribution in [-0.2, 0) is 16.0 Å². The zero-order valence-electron chi connectivity index (χ0n) is 13.8. The van der Waals surface area contributed by atoms with Gasteiger partial charge < -0.3 is 18.9 Å². The molecule has 0 spiro atoms. The van der Waals surface area contributed by atoms with Gasteiger partial charge in [-0.25, -0.2) is 0 Å². The molecule has 6 nitrogen and oxygen atoms in total. The van der Waals surface area contributed by atoms with Crippen LogP contribution >= 0.6 is 0 Å². The fourth-order valence-electron chi connectivity index (χ4n) is 2.85. The number of ether oxygens (including phenoxy) is 2. The van der Waals surface area contributed by atoms with E-state index in [9.17, 15) is 9.59 Å². The van der Waals surface area contributed by atoms with Gasteiger partial charge in [0.25, 0.3) is 5.56 Å². The first kappa shape index (κ1) is 16.1. The van der Waals surface area contributed by atoms with Crippen molar-refractivity contribution in [3.8, 4) is 5.75 Å². The van der Waals surface area contributed by atoms with Crippen molar-refractivity contribution in [3.63, 3.8) is 0 Å². The summed E-state index contributed by atoms with van der Waals surface area (Å²) in [7, 11) is 0. The molecular weight excluding hydrogens is 308 g/mol. The lowest BCUT2D eigenvalue weighted by Crippen LogP contribution is -2.12. The summed E-state index contributed by atoms with van der Waals surface area (Å²) in [6.07, 6.45) is 0.796. The molecule has 0 amide bonds. The van der Waals surface area contributed by atoms with Crippen molar-refractivity contribution in [2.24, 2.45) is 0 Å². The summed E-state index contributed by atoms with van der Waals surface area (Å²) in [5.74, 6) is 0.473. The molecule has 0 atom stereocenters. The Balaban J connectivity index is 2.06. The summed E-state index contributed by atoms with van der Waals surface area (Å²) >= 11 is 0. The molecule has 1 aromatic carbocycles. The van der Waals surface area contributed by atoms with Gasteiger partial charge in [-0.05, 0) is 44.5 Å². The lowest BCUT2D eigenvalue weighted by atomic mass is 10.2. The van der Waals surface area contributed by atoms with Crippen LogP contribution in [0.3, 0.4) is 0 Å². The van der Waals surface area contributed by atoms with Crippen LogP contribution in [-0.4, -0.2) is 28.6 Å². The molecule has 2 aromatic heterocycles. The minimum atomic E-state index is -0.236. The number of H-pyrrole nitrogens is 1. The Morgan fingerprint density at radius 2 is 1.92 bits per heavy atom. The quantitative estimate of drug-likeness (QED) is 0.706. The standard InChI is InChI=1S/C18H20N2O4/c1-3-23-13-7-9-15-14(11-13)19-18(22)16-8-5-12(20(15)16)6-10-17(21)24-4-2/h5,7-9,11H,3-4,6,10H2,1-2H3,(H,19,22). The van der Waals surface area contributed by atoms with Gasteiger partial charge in [0.2, 0.25) is 0 Å². The van der Waals surface area contributed by atoms with E-state index >= 15 is 0 Å². The molecule has 0 aliphatic rings. The van der Waals surface area contributed by atoms with Crippen molar-refractivity contribution >= 4 is 22.5 Å². The third-order valence-corrected chi connectivity index (χ3v) is 3.85. The lowest BCUT2D eigenvalue weighted by molar-refractivity contribution is -0.143. The first-order chi connectivity index (χ1) is 11.6. The molecule has 1 N–H and O–H groups in total. The molecule has 0 radical (unpaired) electrons. The summed E-state index contributed by atoms with van der Waals surface area (Å²) < 4.78 is 12.4.